The Bertz CT molecular complexity index is 1000. The summed E-state index contributed by atoms with van der Waals surface area (Å²) in [7, 11) is -1.85. The number of sulfonamides is 1. The number of ether oxygens (including phenoxy) is 2. The molecular weight excluding hydrogens is 430 g/mol. The van der Waals surface area contributed by atoms with E-state index in [-0.39, 0.29) is 5.91 Å². The van der Waals surface area contributed by atoms with Gasteiger partial charge in [0, 0.05) is 33.2 Å². The zero-order valence-electron chi connectivity index (χ0n) is 18.8. The van der Waals surface area contributed by atoms with E-state index < -0.39 is 16.1 Å². The molecule has 1 aliphatic rings. The third-order valence-electron chi connectivity index (χ3n) is 5.35. The van der Waals surface area contributed by atoms with E-state index in [9.17, 15) is 13.2 Å². The molecule has 0 spiro atoms. The summed E-state index contributed by atoms with van der Waals surface area (Å²) in [6.07, 6.45) is 0.451. The van der Waals surface area contributed by atoms with Gasteiger partial charge in [0.1, 0.15) is 5.75 Å². The third kappa shape index (κ3) is 6.94. The van der Waals surface area contributed by atoms with Crippen LogP contribution in [0.2, 0.25) is 0 Å². The number of benzene rings is 2. The van der Waals surface area contributed by atoms with E-state index in [0.29, 0.717) is 18.0 Å². The molecule has 0 unspecified atom stereocenters. The van der Waals surface area contributed by atoms with Crippen LogP contribution in [-0.2, 0) is 32.6 Å². The Morgan fingerprint density at radius 1 is 1.16 bits per heavy atom. The number of anilines is 1. The molecule has 2 aromatic carbocycles. The molecule has 32 heavy (non-hydrogen) atoms. The highest BCUT2D eigenvalue weighted by Gasteiger charge is 2.16. The molecular formula is C23H31N3O5S. The average Bonchev–Trinajstić information content (AvgIpc) is 2.78. The summed E-state index contributed by atoms with van der Waals surface area (Å²) in [4.78, 5) is 14.8. The standard InChI is InChI=1S/C23H31N3O5S/c1-18(31-22-9-7-21(8-10-22)25(2)32(3,28)29)23(27)24-16-19-5-4-6-20(15-19)17-26-11-13-30-14-12-26/h4-10,15,18H,11-14,16-17H2,1-3H3,(H,24,27)/t18-/m1/s1. The summed E-state index contributed by atoms with van der Waals surface area (Å²) in [5.74, 6) is 0.270. The SMILES string of the molecule is C[C@@H](Oc1ccc(N(C)S(C)(=O)=O)cc1)C(=O)NCc1cccc(CN2CCOCC2)c1. The van der Waals surface area contributed by atoms with Gasteiger partial charge in [0.2, 0.25) is 10.0 Å². The van der Waals surface area contributed by atoms with Gasteiger partial charge in [-0.2, -0.15) is 0 Å². The van der Waals surface area contributed by atoms with E-state index in [1.165, 1.54) is 16.9 Å². The zero-order valence-corrected chi connectivity index (χ0v) is 19.6. The number of nitrogens with zero attached hydrogens (tertiary/aromatic N) is 2. The fourth-order valence-corrected chi connectivity index (χ4v) is 3.88. The van der Waals surface area contributed by atoms with Crippen LogP contribution in [0, 0.1) is 0 Å². The van der Waals surface area contributed by atoms with Crippen molar-refractivity contribution in [2.45, 2.75) is 26.1 Å². The maximum Gasteiger partial charge on any atom is 0.261 e. The largest absolute Gasteiger partial charge is 0.481 e. The van der Waals surface area contributed by atoms with E-state index in [4.69, 9.17) is 9.47 Å². The van der Waals surface area contributed by atoms with E-state index >= 15 is 0 Å². The minimum absolute atomic E-state index is 0.221. The van der Waals surface area contributed by atoms with Crippen molar-refractivity contribution in [2.24, 2.45) is 0 Å². The Hall–Kier alpha value is -2.62. The highest BCUT2D eigenvalue weighted by atomic mass is 32.2. The van der Waals surface area contributed by atoms with Crippen molar-refractivity contribution in [2.75, 3.05) is 43.9 Å². The normalized spacial score (nSPS) is 15.7. The lowest BCUT2D eigenvalue weighted by Crippen LogP contribution is -2.36. The quantitative estimate of drug-likeness (QED) is 0.615. The van der Waals surface area contributed by atoms with Crippen LogP contribution in [0.5, 0.6) is 5.75 Å². The fraction of sp³-hybridized carbons (Fsp3) is 0.435. The van der Waals surface area contributed by atoms with Gasteiger partial charge in [-0.05, 0) is 42.3 Å². The van der Waals surface area contributed by atoms with Crippen LogP contribution in [0.25, 0.3) is 0 Å². The first-order valence-corrected chi connectivity index (χ1v) is 12.4. The maximum absolute atomic E-state index is 12.5. The van der Waals surface area contributed by atoms with Crippen molar-refractivity contribution < 1.29 is 22.7 Å². The van der Waals surface area contributed by atoms with Crippen molar-refractivity contribution in [1.82, 2.24) is 10.2 Å². The minimum atomic E-state index is -3.33. The second kappa shape index (κ2) is 10.8. The highest BCUT2D eigenvalue weighted by Crippen LogP contribution is 2.21. The topological polar surface area (TPSA) is 88.2 Å². The molecule has 3 rings (SSSR count). The first kappa shape index (κ1) is 24.0. The van der Waals surface area contributed by atoms with Crippen molar-refractivity contribution in [3.63, 3.8) is 0 Å². The van der Waals surface area contributed by atoms with Gasteiger partial charge in [-0.3, -0.25) is 14.0 Å². The number of carbonyl (C=O) groups is 1. The van der Waals surface area contributed by atoms with Crippen molar-refractivity contribution in [1.29, 1.82) is 0 Å². The van der Waals surface area contributed by atoms with Gasteiger partial charge < -0.3 is 14.8 Å². The molecule has 0 radical (unpaired) electrons. The second-order valence-electron chi connectivity index (χ2n) is 7.91. The molecule has 1 amide bonds. The number of rotatable bonds is 9. The summed E-state index contributed by atoms with van der Waals surface area (Å²) >= 11 is 0. The number of amides is 1. The molecule has 1 saturated heterocycles. The summed E-state index contributed by atoms with van der Waals surface area (Å²) < 4.78 is 35.5. The second-order valence-corrected chi connectivity index (χ2v) is 9.92. The number of morpholine rings is 1. The van der Waals surface area contributed by atoms with Gasteiger partial charge >= 0.3 is 0 Å². The van der Waals surface area contributed by atoms with Crippen LogP contribution >= 0.6 is 0 Å². The van der Waals surface area contributed by atoms with Crippen LogP contribution in [0.15, 0.2) is 48.5 Å². The molecule has 2 aromatic rings. The van der Waals surface area contributed by atoms with Gasteiger partial charge in [0.25, 0.3) is 5.91 Å². The number of hydrogen-bond acceptors (Lipinski definition) is 6. The smallest absolute Gasteiger partial charge is 0.261 e. The van der Waals surface area contributed by atoms with Crippen molar-refractivity contribution in [3.05, 3.63) is 59.7 Å². The maximum atomic E-state index is 12.5. The van der Waals surface area contributed by atoms with Crippen LogP contribution in [-0.4, -0.2) is 64.9 Å². The van der Waals surface area contributed by atoms with Gasteiger partial charge in [0.05, 0.1) is 25.2 Å². The number of carbonyl (C=O) groups excluding carboxylic acids is 1. The number of nitrogens with one attached hydrogen (secondary N) is 1. The molecule has 1 fully saturated rings. The van der Waals surface area contributed by atoms with Gasteiger partial charge in [-0.15, -0.1) is 0 Å². The van der Waals surface area contributed by atoms with E-state index in [2.05, 4.69) is 22.3 Å². The zero-order chi connectivity index (χ0) is 23.1. The summed E-state index contributed by atoms with van der Waals surface area (Å²) in [6.45, 7) is 6.37. The van der Waals surface area contributed by atoms with Gasteiger partial charge in [-0.1, -0.05) is 24.3 Å². The Morgan fingerprint density at radius 2 is 1.81 bits per heavy atom. The molecule has 0 saturated carbocycles. The van der Waals surface area contributed by atoms with Crippen molar-refractivity contribution >= 4 is 21.6 Å². The Morgan fingerprint density at radius 3 is 2.47 bits per heavy atom. The molecule has 0 bridgehead atoms. The molecule has 1 atom stereocenters. The van der Waals surface area contributed by atoms with Crippen LogP contribution in [0.4, 0.5) is 5.69 Å². The average molecular weight is 462 g/mol. The Balaban J connectivity index is 1.50. The molecule has 1 N–H and O–H groups in total. The molecule has 1 aliphatic heterocycles. The van der Waals surface area contributed by atoms with E-state index in [1.807, 2.05) is 12.1 Å². The third-order valence-corrected chi connectivity index (χ3v) is 6.55. The first-order valence-electron chi connectivity index (χ1n) is 10.6. The number of hydrogen-bond donors (Lipinski definition) is 1. The molecule has 0 aliphatic carbocycles. The highest BCUT2D eigenvalue weighted by molar-refractivity contribution is 7.92. The molecule has 9 heteroatoms. The summed E-state index contributed by atoms with van der Waals surface area (Å²) in [5, 5.41) is 2.91. The van der Waals surface area contributed by atoms with E-state index in [0.717, 1.165) is 44.7 Å². The monoisotopic (exact) mass is 461 g/mol. The summed E-state index contributed by atoms with van der Waals surface area (Å²) in [6, 6.07) is 14.8. The minimum Gasteiger partial charge on any atom is -0.481 e. The Labute approximate surface area is 190 Å². The first-order chi connectivity index (χ1) is 15.2. The molecule has 8 nitrogen and oxygen atoms in total. The molecule has 1 heterocycles. The fourth-order valence-electron chi connectivity index (χ4n) is 3.37. The lowest BCUT2D eigenvalue weighted by molar-refractivity contribution is -0.127. The predicted molar refractivity (Wildman–Crippen MR) is 124 cm³/mol. The predicted octanol–water partition coefficient (Wildman–Crippen LogP) is 2.00. The lowest BCUT2D eigenvalue weighted by atomic mass is 10.1. The van der Waals surface area contributed by atoms with Crippen molar-refractivity contribution in [3.8, 4) is 5.75 Å². The summed E-state index contributed by atoms with van der Waals surface area (Å²) in [5.41, 5.74) is 2.76. The Kier molecular flexibility index (Phi) is 8.11. The molecule has 0 aromatic heterocycles. The molecule has 174 valence electrons. The van der Waals surface area contributed by atoms with Crippen LogP contribution in [0.1, 0.15) is 18.1 Å². The van der Waals surface area contributed by atoms with Gasteiger partial charge in [0.15, 0.2) is 6.10 Å². The lowest BCUT2D eigenvalue weighted by Gasteiger charge is -2.26. The van der Waals surface area contributed by atoms with E-state index in [1.54, 1.807) is 31.2 Å². The van der Waals surface area contributed by atoms with Gasteiger partial charge in [-0.25, -0.2) is 8.42 Å². The van der Waals surface area contributed by atoms with Crippen LogP contribution in [0.3, 0.4) is 0 Å². The van der Waals surface area contributed by atoms with Crippen LogP contribution < -0.4 is 14.4 Å².